The summed E-state index contributed by atoms with van der Waals surface area (Å²) in [4.78, 5) is 3.75. The van der Waals surface area contributed by atoms with Gasteiger partial charge in [-0.05, 0) is 37.3 Å². The summed E-state index contributed by atoms with van der Waals surface area (Å²) in [5.41, 5.74) is 1.41. The molecule has 0 spiro atoms. The van der Waals surface area contributed by atoms with Gasteiger partial charge in [0.05, 0.1) is 10.5 Å². The highest BCUT2D eigenvalue weighted by atomic mass is 32.2. The Morgan fingerprint density at radius 2 is 1.77 bits per heavy atom. The molecule has 1 heterocycles. The summed E-state index contributed by atoms with van der Waals surface area (Å²) in [6.45, 7) is 7.38. The van der Waals surface area contributed by atoms with Gasteiger partial charge in [-0.15, -0.1) is 0 Å². The Kier molecular flexibility index (Phi) is 3.51. The zero-order valence-electron chi connectivity index (χ0n) is 11.9. The zero-order valence-corrected chi connectivity index (χ0v) is 12.7. The average Bonchev–Trinajstić information content (AvgIpc) is 2.96. The highest BCUT2D eigenvalue weighted by Crippen LogP contribution is 2.38. The van der Waals surface area contributed by atoms with Crippen molar-refractivity contribution in [3.63, 3.8) is 0 Å². The molecule has 0 bridgehead atoms. The summed E-state index contributed by atoms with van der Waals surface area (Å²) in [7, 11) is -3.73. The Labute approximate surface area is 128 Å². The van der Waals surface area contributed by atoms with Crippen molar-refractivity contribution in [2.75, 3.05) is 6.79 Å². The minimum absolute atomic E-state index is 0.119. The molecule has 2 aromatic carbocycles. The molecule has 3 rings (SSSR count). The number of fused-ring (bicyclic) bond motifs is 1. The van der Waals surface area contributed by atoms with Crippen LogP contribution in [0.3, 0.4) is 0 Å². The molecular formula is C16H14NO4S+. The predicted molar refractivity (Wildman–Crippen MR) is 82.0 cm³/mol. The number of aryl methyl sites for hydroxylation is 1. The van der Waals surface area contributed by atoms with E-state index < -0.39 is 15.2 Å². The molecule has 5 nitrogen and oxygen atoms in total. The number of benzene rings is 2. The molecule has 0 N–H and O–H groups in total. The predicted octanol–water partition coefficient (Wildman–Crippen LogP) is 3.16. The van der Waals surface area contributed by atoms with E-state index in [4.69, 9.17) is 16.0 Å². The second-order valence-electron chi connectivity index (χ2n) is 4.97. The zero-order chi connectivity index (χ0) is 15.7. The third-order valence-electron chi connectivity index (χ3n) is 3.46. The van der Waals surface area contributed by atoms with Crippen molar-refractivity contribution in [1.29, 1.82) is 0 Å². The van der Waals surface area contributed by atoms with Gasteiger partial charge in [0.1, 0.15) is 0 Å². The smallest absolute Gasteiger partial charge is 0.398 e. The summed E-state index contributed by atoms with van der Waals surface area (Å²) in [6.07, 6.45) is 0. The van der Waals surface area contributed by atoms with Crippen molar-refractivity contribution < 1.29 is 17.9 Å². The molecule has 112 valence electrons. The van der Waals surface area contributed by atoms with Crippen molar-refractivity contribution in [3.8, 4) is 18.1 Å². The van der Waals surface area contributed by atoms with E-state index >= 15 is 0 Å². The van der Waals surface area contributed by atoms with Gasteiger partial charge in [0.15, 0.2) is 11.5 Å². The Morgan fingerprint density at radius 3 is 2.45 bits per heavy atom. The van der Waals surface area contributed by atoms with Gasteiger partial charge >= 0.3 is 5.37 Å². The normalized spacial score (nSPS) is 14.4. The number of sulfone groups is 1. The molecule has 22 heavy (non-hydrogen) atoms. The van der Waals surface area contributed by atoms with Crippen molar-refractivity contribution in [2.24, 2.45) is 0 Å². The van der Waals surface area contributed by atoms with Crippen molar-refractivity contribution in [1.82, 2.24) is 0 Å². The largest absolute Gasteiger partial charge is 0.454 e. The van der Waals surface area contributed by atoms with Gasteiger partial charge in [0, 0.05) is 0 Å². The fourth-order valence-electron chi connectivity index (χ4n) is 2.27. The molecule has 1 aliphatic rings. The fourth-order valence-corrected chi connectivity index (χ4v) is 3.71. The summed E-state index contributed by atoms with van der Waals surface area (Å²) in [6, 6.07) is 11.4. The Hall–Kier alpha value is -2.52. The van der Waals surface area contributed by atoms with E-state index in [2.05, 4.69) is 4.85 Å². The van der Waals surface area contributed by atoms with Crippen LogP contribution in [0.15, 0.2) is 47.4 Å². The number of nitrogens with zero attached hydrogens (tertiary/aromatic N) is 1. The van der Waals surface area contributed by atoms with Crippen molar-refractivity contribution >= 4 is 9.84 Å². The first-order valence-corrected chi connectivity index (χ1v) is 8.17. The number of rotatable bonds is 3. The van der Waals surface area contributed by atoms with Gasteiger partial charge in [-0.25, -0.2) is 8.42 Å². The summed E-state index contributed by atoms with van der Waals surface area (Å²) < 4.78 is 35.9. The maximum Gasteiger partial charge on any atom is 0.398 e. The van der Waals surface area contributed by atoms with Gasteiger partial charge < -0.3 is 9.47 Å². The second kappa shape index (κ2) is 5.35. The van der Waals surface area contributed by atoms with E-state index in [1.54, 1.807) is 42.5 Å². The van der Waals surface area contributed by atoms with Crippen LogP contribution < -0.4 is 9.47 Å². The molecule has 0 aliphatic carbocycles. The lowest BCUT2D eigenvalue weighted by Gasteiger charge is -2.06. The van der Waals surface area contributed by atoms with Crippen LogP contribution in [0, 0.1) is 13.5 Å². The molecule has 0 fully saturated rings. The molecule has 2 aromatic rings. The topological polar surface area (TPSA) is 57.0 Å². The molecule has 6 heteroatoms. The van der Waals surface area contributed by atoms with Crippen LogP contribution in [0.4, 0.5) is 0 Å². The van der Waals surface area contributed by atoms with Gasteiger partial charge in [0.25, 0.3) is 16.4 Å². The maximum atomic E-state index is 12.7. The van der Waals surface area contributed by atoms with Gasteiger partial charge in [-0.2, -0.15) is 0 Å². The minimum atomic E-state index is -3.73. The fraction of sp³-hybridized carbons (Fsp3) is 0.188. The number of hydrogen-bond acceptors (Lipinski definition) is 4. The summed E-state index contributed by atoms with van der Waals surface area (Å²) in [5.74, 6) is 1.07. The molecule has 0 saturated carbocycles. The minimum Gasteiger partial charge on any atom is -0.454 e. The molecule has 0 saturated heterocycles. The van der Waals surface area contributed by atoms with Crippen LogP contribution in [-0.4, -0.2) is 15.2 Å². The molecule has 0 amide bonds. The molecule has 1 aliphatic heterocycles. The highest BCUT2D eigenvalue weighted by molar-refractivity contribution is 7.91. The highest BCUT2D eigenvalue weighted by Gasteiger charge is 2.38. The number of ether oxygens (including phenoxy) is 2. The third kappa shape index (κ3) is 2.40. The first-order chi connectivity index (χ1) is 10.5. The first kappa shape index (κ1) is 14.4. The summed E-state index contributed by atoms with van der Waals surface area (Å²) in [5, 5.41) is -1.19. The van der Waals surface area contributed by atoms with E-state index in [1.807, 2.05) is 6.92 Å². The Morgan fingerprint density at radius 1 is 1.09 bits per heavy atom. The monoisotopic (exact) mass is 316 g/mol. The van der Waals surface area contributed by atoms with Crippen LogP contribution >= 0.6 is 0 Å². The van der Waals surface area contributed by atoms with Crippen molar-refractivity contribution in [3.05, 3.63) is 58.4 Å². The third-order valence-corrected chi connectivity index (χ3v) is 5.37. The lowest BCUT2D eigenvalue weighted by molar-refractivity contribution is 0.174. The van der Waals surface area contributed by atoms with E-state index in [1.165, 1.54) is 0 Å². The van der Waals surface area contributed by atoms with E-state index in [9.17, 15) is 8.42 Å². The molecule has 1 atom stereocenters. The molecular weight excluding hydrogens is 302 g/mol. The lowest BCUT2D eigenvalue weighted by atomic mass is 10.2. The molecule has 1 unspecified atom stereocenters. The van der Waals surface area contributed by atoms with Crippen LogP contribution in [-0.2, 0) is 9.84 Å². The molecule has 0 radical (unpaired) electrons. The number of hydrogen-bond donors (Lipinski definition) is 0. The molecule has 0 aromatic heterocycles. The van der Waals surface area contributed by atoms with E-state index in [0.717, 1.165) is 5.56 Å². The Balaban J connectivity index is 2.04. The summed E-state index contributed by atoms with van der Waals surface area (Å²) >= 11 is 0. The SMILES string of the molecule is C#[N+]C(c1ccc2c(c1)OCO2)S(=O)(=O)c1ccc(C)cc1. The quantitative estimate of drug-likeness (QED) is 0.873. The van der Waals surface area contributed by atoms with Crippen LogP contribution in [0.2, 0.25) is 0 Å². The standard InChI is InChI=1S/C16H14NO4S/c1-11-3-6-13(7-4-11)22(18,19)16(17-2)12-5-8-14-15(9-12)21-10-20-14/h2-9,16H,10H2,1H3/q+1. The first-order valence-electron chi connectivity index (χ1n) is 6.62. The van der Waals surface area contributed by atoms with Gasteiger partial charge in [-0.3, -0.25) is 0 Å². The van der Waals surface area contributed by atoms with Crippen LogP contribution in [0.25, 0.3) is 4.85 Å². The maximum absolute atomic E-state index is 12.7. The average molecular weight is 316 g/mol. The van der Waals surface area contributed by atoms with Crippen LogP contribution in [0.5, 0.6) is 11.5 Å². The lowest BCUT2D eigenvalue weighted by Crippen LogP contribution is -2.10. The Bertz CT molecular complexity index is 851. The second-order valence-corrected chi connectivity index (χ2v) is 6.98. The van der Waals surface area contributed by atoms with Crippen LogP contribution in [0.1, 0.15) is 16.5 Å². The van der Waals surface area contributed by atoms with E-state index in [0.29, 0.717) is 17.1 Å². The van der Waals surface area contributed by atoms with E-state index in [-0.39, 0.29) is 11.7 Å². The van der Waals surface area contributed by atoms with Gasteiger partial charge in [-0.1, -0.05) is 22.5 Å². The van der Waals surface area contributed by atoms with Crippen molar-refractivity contribution in [2.45, 2.75) is 17.2 Å². The van der Waals surface area contributed by atoms with Gasteiger partial charge in [0.2, 0.25) is 6.79 Å².